The van der Waals surface area contributed by atoms with E-state index in [-0.39, 0.29) is 17.0 Å². The Morgan fingerprint density at radius 3 is 2.82 bits per heavy atom. The highest BCUT2D eigenvalue weighted by Gasteiger charge is 2.46. The SMILES string of the molecule is CCCCS(=O)(=O)NCC1(c2c[nH]c3ccc(F)cc23)CC1. The fourth-order valence-electron chi connectivity index (χ4n) is 2.88. The van der Waals surface area contributed by atoms with Gasteiger partial charge in [0, 0.05) is 29.1 Å². The molecule has 120 valence electrons. The first-order valence-corrected chi connectivity index (χ1v) is 9.35. The molecule has 0 radical (unpaired) electrons. The highest BCUT2D eigenvalue weighted by Crippen LogP contribution is 2.50. The second-order valence-electron chi connectivity index (χ2n) is 6.17. The van der Waals surface area contributed by atoms with E-state index in [2.05, 4.69) is 9.71 Å². The van der Waals surface area contributed by atoms with Gasteiger partial charge in [-0.3, -0.25) is 0 Å². The molecule has 1 aromatic carbocycles. The third-order valence-corrected chi connectivity index (χ3v) is 5.88. The van der Waals surface area contributed by atoms with E-state index in [1.807, 2.05) is 13.1 Å². The largest absolute Gasteiger partial charge is 0.361 e. The number of halogens is 1. The number of aromatic amines is 1. The molecule has 0 amide bonds. The molecule has 0 atom stereocenters. The first-order valence-electron chi connectivity index (χ1n) is 7.70. The minimum Gasteiger partial charge on any atom is -0.361 e. The summed E-state index contributed by atoms with van der Waals surface area (Å²) in [6.45, 7) is 2.36. The molecule has 1 aliphatic carbocycles. The van der Waals surface area contributed by atoms with Gasteiger partial charge in [0.1, 0.15) is 5.82 Å². The van der Waals surface area contributed by atoms with Crippen molar-refractivity contribution in [3.8, 4) is 0 Å². The van der Waals surface area contributed by atoms with Gasteiger partial charge >= 0.3 is 0 Å². The Kier molecular flexibility index (Phi) is 3.99. The number of fused-ring (bicyclic) bond motifs is 1. The molecule has 1 saturated carbocycles. The molecule has 0 unspecified atom stereocenters. The maximum Gasteiger partial charge on any atom is 0.211 e. The van der Waals surface area contributed by atoms with Crippen molar-refractivity contribution in [2.24, 2.45) is 0 Å². The van der Waals surface area contributed by atoms with Crippen LogP contribution in [-0.2, 0) is 15.4 Å². The summed E-state index contributed by atoms with van der Waals surface area (Å²) in [5.41, 5.74) is 1.71. The fourth-order valence-corrected chi connectivity index (χ4v) is 4.19. The molecule has 22 heavy (non-hydrogen) atoms. The van der Waals surface area contributed by atoms with E-state index in [0.717, 1.165) is 35.7 Å². The molecular formula is C16H21FN2O2S. The average Bonchev–Trinajstić information content (AvgIpc) is 3.16. The Morgan fingerprint density at radius 1 is 1.36 bits per heavy atom. The van der Waals surface area contributed by atoms with Crippen LogP contribution in [-0.4, -0.2) is 25.7 Å². The third-order valence-electron chi connectivity index (χ3n) is 4.47. The second-order valence-corrected chi connectivity index (χ2v) is 8.09. The number of sulfonamides is 1. The van der Waals surface area contributed by atoms with E-state index in [1.165, 1.54) is 12.1 Å². The van der Waals surface area contributed by atoms with Crippen LogP contribution in [0.15, 0.2) is 24.4 Å². The summed E-state index contributed by atoms with van der Waals surface area (Å²) in [7, 11) is -3.22. The molecule has 1 aromatic heterocycles. The van der Waals surface area contributed by atoms with Crippen LogP contribution >= 0.6 is 0 Å². The van der Waals surface area contributed by atoms with Crippen molar-refractivity contribution >= 4 is 20.9 Å². The minimum absolute atomic E-state index is 0.169. The molecule has 1 fully saturated rings. The van der Waals surface area contributed by atoms with Gasteiger partial charge < -0.3 is 4.98 Å². The predicted octanol–water partition coefficient (Wildman–Crippen LogP) is 3.06. The van der Waals surface area contributed by atoms with Crippen LogP contribution in [0.2, 0.25) is 0 Å². The zero-order valence-electron chi connectivity index (χ0n) is 12.7. The highest BCUT2D eigenvalue weighted by molar-refractivity contribution is 7.89. The lowest BCUT2D eigenvalue weighted by molar-refractivity contribution is 0.564. The van der Waals surface area contributed by atoms with Gasteiger partial charge in [0.05, 0.1) is 5.75 Å². The van der Waals surface area contributed by atoms with Crippen molar-refractivity contribution in [2.75, 3.05) is 12.3 Å². The number of hydrogen-bond donors (Lipinski definition) is 2. The van der Waals surface area contributed by atoms with Crippen molar-refractivity contribution in [3.63, 3.8) is 0 Å². The molecule has 6 heteroatoms. The van der Waals surface area contributed by atoms with Crippen LogP contribution in [0.1, 0.15) is 38.2 Å². The van der Waals surface area contributed by atoms with E-state index >= 15 is 0 Å². The number of H-pyrrole nitrogens is 1. The number of rotatable bonds is 7. The first kappa shape index (κ1) is 15.5. The molecule has 0 aliphatic heterocycles. The van der Waals surface area contributed by atoms with Crippen molar-refractivity contribution in [1.29, 1.82) is 0 Å². The van der Waals surface area contributed by atoms with Crippen molar-refractivity contribution in [3.05, 3.63) is 35.8 Å². The molecule has 2 N–H and O–H groups in total. The monoisotopic (exact) mass is 324 g/mol. The number of unbranched alkanes of at least 4 members (excludes halogenated alkanes) is 1. The summed E-state index contributed by atoms with van der Waals surface area (Å²) in [4.78, 5) is 3.15. The summed E-state index contributed by atoms with van der Waals surface area (Å²) >= 11 is 0. The quantitative estimate of drug-likeness (QED) is 0.822. The normalized spacial score (nSPS) is 17.0. The zero-order chi connectivity index (χ0) is 15.8. The van der Waals surface area contributed by atoms with Gasteiger partial charge in [-0.1, -0.05) is 13.3 Å². The number of aromatic nitrogens is 1. The van der Waals surface area contributed by atoms with Crippen LogP contribution in [0.4, 0.5) is 4.39 Å². The lowest BCUT2D eigenvalue weighted by Gasteiger charge is -2.16. The lowest BCUT2D eigenvalue weighted by atomic mass is 9.96. The van der Waals surface area contributed by atoms with Gasteiger partial charge in [-0.2, -0.15) is 0 Å². The van der Waals surface area contributed by atoms with Crippen LogP contribution in [0, 0.1) is 5.82 Å². The summed E-state index contributed by atoms with van der Waals surface area (Å²) in [6.07, 6.45) is 5.26. The van der Waals surface area contributed by atoms with E-state index in [4.69, 9.17) is 0 Å². The standard InChI is InChI=1S/C16H21FN2O2S/c1-2-3-8-22(20,21)19-11-16(6-7-16)14-10-18-15-5-4-12(17)9-13(14)15/h4-5,9-10,18-19H,2-3,6-8,11H2,1H3. The zero-order valence-corrected chi connectivity index (χ0v) is 13.5. The molecule has 3 rings (SSSR count). The van der Waals surface area contributed by atoms with Crippen molar-refractivity contribution in [2.45, 2.75) is 38.0 Å². The van der Waals surface area contributed by atoms with Crippen LogP contribution in [0.25, 0.3) is 10.9 Å². The Balaban J connectivity index is 1.80. The molecule has 0 saturated heterocycles. The van der Waals surface area contributed by atoms with Crippen molar-refractivity contribution < 1.29 is 12.8 Å². The van der Waals surface area contributed by atoms with Gasteiger partial charge in [0.2, 0.25) is 10.0 Å². The number of hydrogen-bond acceptors (Lipinski definition) is 2. The fraction of sp³-hybridized carbons (Fsp3) is 0.500. The van der Waals surface area contributed by atoms with Crippen LogP contribution < -0.4 is 4.72 Å². The van der Waals surface area contributed by atoms with Crippen LogP contribution in [0.3, 0.4) is 0 Å². The van der Waals surface area contributed by atoms with Gasteiger partial charge in [-0.15, -0.1) is 0 Å². The maximum atomic E-state index is 13.5. The Morgan fingerprint density at radius 2 is 2.14 bits per heavy atom. The van der Waals surface area contributed by atoms with Gasteiger partial charge in [0.15, 0.2) is 0 Å². The Labute approximate surface area is 130 Å². The Hall–Kier alpha value is -1.40. The molecule has 0 spiro atoms. The maximum absolute atomic E-state index is 13.5. The Bertz CT molecular complexity index is 779. The van der Waals surface area contributed by atoms with E-state index in [9.17, 15) is 12.8 Å². The van der Waals surface area contributed by atoms with Crippen LogP contribution in [0.5, 0.6) is 0 Å². The molecule has 4 nitrogen and oxygen atoms in total. The topological polar surface area (TPSA) is 62.0 Å². The van der Waals surface area contributed by atoms with Gasteiger partial charge in [-0.25, -0.2) is 17.5 Å². The molecular weight excluding hydrogens is 303 g/mol. The first-order chi connectivity index (χ1) is 10.5. The van der Waals surface area contributed by atoms with Crippen molar-refractivity contribution in [1.82, 2.24) is 9.71 Å². The summed E-state index contributed by atoms with van der Waals surface area (Å²) in [6, 6.07) is 4.66. The van der Waals surface area contributed by atoms with Gasteiger partial charge in [0.25, 0.3) is 0 Å². The second kappa shape index (κ2) is 5.66. The van der Waals surface area contributed by atoms with E-state index in [0.29, 0.717) is 13.0 Å². The summed E-state index contributed by atoms with van der Waals surface area (Å²) in [5, 5.41) is 0.852. The average molecular weight is 324 g/mol. The molecule has 2 aromatic rings. The third kappa shape index (κ3) is 3.03. The molecule has 1 heterocycles. The van der Waals surface area contributed by atoms with Gasteiger partial charge in [-0.05, 0) is 43.0 Å². The molecule has 1 aliphatic rings. The highest BCUT2D eigenvalue weighted by atomic mass is 32.2. The molecule has 0 bridgehead atoms. The summed E-state index contributed by atoms with van der Waals surface area (Å²) < 4.78 is 40.2. The summed E-state index contributed by atoms with van der Waals surface area (Å²) in [5.74, 6) is -0.102. The van der Waals surface area contributed by atoms with E-state index < -0.39 is 10.0 Å². The number of benzene rings is 1. The predicted molar refractivity (Wildman–Crippen MR) is 85.9 cm³/mol. The number of nitrogens with one attached hydrogen (secondary N) is 2. The lowest BCUT2D eigenvalue weighted by Crippen LogP contribution is -2.33. The minimum atomic E-state index is -3.22. The smallest absolute Gasteiger partial charge is 0.211 e. The van der Waals surface area contributed by atoms with E-state index in [1.54, 1.807) is 6.07 Å².